The number of halogens is 1. The summed E-state index contributed by atoms with van der Waals surface area (Å²) < 4.78 is 0. The predicted octanol–water partition coefficient (Wildman–Crippen LogP) is 5.82. The first kappa shape index (κ1) is 20.0. The third-order valence-corrected chi connectivity index (χ3v) is 5.01. The summed E-state index contributed by atoms with van der Waals surface area (Å²) in [5.74, 6) is -0.0372. The van der Waals surface area contributed by atoms with Crippen LogP contribution in [0.15, 0.2) is 47.8 Å². The second-order valence-corrected chi connectivity index (χ2v) is 8.00. The summed E-state index contributed by atoms with van der Waals surface area (Å²) in [6.45, 7) is 4.35. The van der Waals surface area contributed by atoms with Gasteiger partial charge in [0.1, 0.15) is 5.56 Å². The van der Waals surface area contributed by atoms with E-state index < -0.39 is 10.8 Å². The minimum Gasteiger partial charge on any atom is -0.298 e. The number of hydrogen-bond acceptors (Lipinski definition) is 5. The minimum absolute atomic E-state index is 0.104. The van der Waals surface area contributed by atoms with Crippen LogP contribution in [0.4, 0.5) is 10.8 Å². The van der Waals surface area contributed by atoms with Gasteiger partial charge in [-0.15, -0.1) is 11.3 Å². The molecular weight excluding hydrogens is 398 g/mol. The van der Waals surface area contributed by atoms with Gasteiger partial charge in [0.2, 0.25) is 0 Å². The quantitative estimate of drug-likeness (QED) is 0.405. The predicted molar refractivity (Wildman–Crippen MR) is 112 cm³/mol. The van der Waals surface area contributed by atoms with Crippen molar-refractivity contribution in [2.45, 2.75) is 20.3 Å². The number of nitro benzene ring substituents is 1. The first-order chi connectivity index (χ1) is 13.3. The molecule has 0 aliphatic heterocycles. The molecule has 1 N–H and O–H groups in total. The SMILES string of the molecule is CC(C)Cc1ccc(-c2csc(NC(=O)c3cc(Cl)ccc3[N+](=O)[O-])n2)cc1. The van der Waals surface area contributed by atoms with Gasteiger partial charge in [-0.3, -0.25) is 20.2 Å². The molecule has 0 bridgehead atoms. The van der Waals surface area contributed by atoms with E-state index in [0.29, 0.717) is 11.0 Å². The minimum atomic E-state index is -0.623. The Bertz CT molecular complexity index is 1020. The summed E-state index contributed by atoms with van der Waals surface area (Å²) >= 11 is 7.14. The monoisotopic (exact) mass is 415 g/mol. The van der Waals surface area contributed by atoms with E-state index >= 15 is 0 Å². The fraction of sp³-hybridized carbons (Fsp3) is 0.200. The third kappa shape index (κ3) is 4.74. The highest BCUT2D eigenvalue weighted by Crippen LogP contribution is 2.28. The standard InChI is InChI=1S/C20H18ClN3O3S/c1-12(2)9-13-3-5-14(6-4-13)17-11-28-20(22-17)23-19(25)16-10-15(21)7-8-18(16)24(26)27/h3-8,10-12H,9H2,1-2H3,(H,22,23,25). The maximum atomic E-state index is 12.5. The zero-order chi connectivity index (χ0) is 20.3. The lowest BCUT2D eigenvalue weighted by molar-refractivity contribution is -0.385. The van der Waals surface area contributed by atoms with Crippen molar-refractivity contribution in [2.75, 3.05) is 5.32 Å². The number of anilines is 1. The molecule has 3 aromatic rings. The van der Waals surface area contributed by atoms with Crippen molar-refractivity contribution in [1.82, 2.24) is 4.98 Å². The van der Waals surface area contributed by atoms with Crippen LogP contribution in [0.3, 0.4) is 0 Å². The molecule has 1 aromatic heterocycles. The second kappa shape index (κ2) is 8.50. The fourth-order valence-electron chi connectivity index (χ4n) is 2.76. The van der Waals surface area contributed by atoms with Crippen LogP contribution < -0.4 is 5.32 Å². The van der Waals surface area contributed by atoms with Gasteiger partial charge < -0.3 is 0 Å². The van der Waals surface area contributed by atoms with E-state index in [9.17, 15) is 14.9 Å². The molecule has 0 atom stereocenters. The van der Waals surface area contributed by atoms with Crippen molar-refractivity contribution < 1.29 is 9.72 Å². The zero-order valence-electron chi connectivity index (χ0n) is 15.3. The number of nitrogens with one attached hydrogen (secondary N) is 1. The Labute approximate surface area is 171 Å². The van der Waals surface area contributed by atoms with E-state index in [1.54, 1.807) is 0 Å². The van der Waals surface area contributed by atoms with Crippen molar-refractivity contribution in [3.63, 3.8) is 0 Å². The second-order valence-electron chi connectivity index (χ2n) is 6.71. The first-order valence-corrected chi connectivity index (χ1v) is 9.89. The summed E-state index contributed by atoms with van der Waals surface area (Å²) in [5, 5.41) is 16.2. The number of nitrogens with zero attached hydrogens (tertiary/aromatic N) is 2. The van der Waals surface area contributed by atoms with E-state index in [4.69, 9.17) is 11.6 Å². The van der Waals surface area contributed by atoms with Gasteiger partial charge in [0.25, 0.3) is 11.6 Å². The number of amides is 1. The van der Waals surface area contributed by atoms with E-state index in [1.165, 1.54) is 35.1 Å². The Hall–Kier alpha value is -2.77. The van der Waals surface area contributed by atoms with Gasteiger partial charge in [-0.25, -0.2) is 4.98 Å². The van der Waals surface area contributed by atoms with Gasteiger partial charge in [-0.1, -0.05) is 49.7 Å². The molecule has 0 fully saturated rings. The number of aromatic nitrogens is 1. The lowest BCUT2D eigenvalue weighted by Crippen LogP contribution is -2.13. The first-order valence-electron chi connectivity index (χ1n) is 8.63. The molecule has 0 aliphatic rings. The van der Waals surface area contributed by atoms with Crippen LogP contribution in [0.25, 0.3) is 11.3 Å². The molecule has 0 unspecified atom stereocenters. The fourth-order valence-corrected chi connectivity index (χ4v) is 3.65. The topological polar surface area (TPSA) is 85.1 Å². The molecular formula is C20H18ClN3O3S. The van der Waals surface area contributed by atoms with Crippen LogP contribution in [0.1, 0.15) is 29.8 Å². The summed E-state index contributed by atoms with van der Waals surface area (Å²) in [6.07, 6.45) is 1.01. The Morgan fingerprint density at radius 1 is 1.25 bits per heavy atom. The Balaban J connectivity index is 1.77. The smallest absolute Gasteiger partial charge is 0.282 e. The number of carbonyl (C=O) groups excluding carboxylic acids is 1. The molecule has 28 heavy (non-hydrogen) atoms. The number of thiazole rings is 1. The third-order valence-electron chi connectivity index (χ3n) is 4.02. The van der Waals surface area contributed by atoms with Crippen molar-refractivity contribution in [3.05, 3.63) is 74.1 Å². The van der Waals surface area contributed by atoms with E-state index in [2.05, 4.69) is 36.3 Å². The van der Waals surface area contributed by atoms with Crippen molar-refractivity contribution in [2.24, 2.45) is 5.92 Å². The lowest BCUT2D eigenvalue weighted by Gasteiger charge is -2.05. The normalized spacial score (nSPS) is 10.9. The number of nitro groups is 1. The Kier molecular flexibility index (Phi) is 6.06. The van der Waals surface area contributed by atoms with Gasteiger partial charge in [-0.2, -0.15) is 0 Å². The molecule has 6 nitrogen and oxygen atoms in total. The van der Waals surface area contributed by atoms with Crippen LogP contribution in [0, 0.1) is 16.0 Å². The Morgan fingerprint density at radius 3 is 2.61 bits per heavy atom. The molecule has 0 saturated carbocycles. The van der Waals surface area contributed by atoms with E-state index in [-0.39, 0.29) is 16.3 Å². The number of carbonyl (C=O) groups is 1. The summed E-state index contributed by atoms with van der Waals surface area (Å²) in [5.41, 5.74) is 2.53. The maximum absolute atomic E-state index is 12.5. The molecule has 2 aromatic carbocycles. The van der Waals surface area contributed by atoms with Gasteiger partial charge in [0, 0.05) is 22.0 Å². The van der Waals surface area contributed by atoms with Crippen molar-refractivity contribution in [1.29, 1.82) is 0 Å². The number of benzene rings is 2. The van der Waals surface area contributed by atoms with E-state index in [1.807, 2.05) is 17.5 Å². The number of rotatable bonds is 6. The number of hydrogen-bond donors (Lipinski definition) is 1. The Morgan fingerprint density at radius 2 is 1.96 bits per heavy atom. The molecule has 0 saturated heterocycles. The zero-order valence-corrected chi connectivity index (χ0v) is 16.9. The summed E-state index contributed by atoms with van der Waals surface area (Å²) in [4.78, 5) is 27.4. The highest BCUT2D eigenvalue weighted by atomic mass is 35.5. The molecule has 144 valence electrons. The van der Waals surface area contributed by atoms with Gasteiger partial charge in [0.15, 0.2) is 5.13 Å². The molecule has 1 amide bonds. The van der Waals surface area contributed by atoms with Crippen LogP contribution >= 0.6 is 22.9 Å². The average molecular weight is 416 g/mol. The van der Waals surface area contributed by atoms with Gasteiger partial charge in [0.05, 0.1) is 10.6 Å². The lowest BCUT2D eigenvalue weighted by atomic mass is 10.0. The van der Waals surface area contributed by atoms with Crippen LogP contribution in [0.5, 0.6) is 0 Å². The summed E-state index contributed by atoms with van der Waals surface area (Å²) in [6, 6.07) is 12.0. The van der Waals surface area contributed by atoms with E-state index in [0.717, 1.165) is 17.7 Å². The van der Waals surface area contributed by atoms with Gasteiger partial charge >= 0.3 is 0 Å². The molecule has 0 aliphatic carbocycles. The molecule has 8 heteroatoms. The van der Waals surface area contributed by atoms with Gasteiger partial charge in [-0.05, 0) is 30.0 Å². The largest absolute Gasteiger partial charge is 0.298 e. The highest BCUT2D eigenvalue weighted by Gasteiger charge is 2.21. The molecule has 0 spiro atoms. The highest BCUT2D eigenvalue weighted by molar-refractivity contribution is 7.14. The van der Waals surface area contributed by atoms with Crippen LogP contribution in [-0.2, 0) is 6.42 Å². The average Bonchev–Trinajstić information content (AvgIpc) is 3.10. The van der Waals surface area contributed by atoms with Crippen molar-refractivity contribution in [3.8, 4) is 11.3 Å². The molecule has 1 heterocycles. The maximum Gasteiger partial charge on any atom is 0.282 e. The van der Waals surface area contributed by atoms with Crippen LogP contribution in [-0.4, -0.2) is 15.8 Å². The molecule has 0 radical (unpaired) electrons. The van der Waals surface area contributed by atoms with Crippen molar-refractivity contribution >= 4 is 39.7 Å². The molecule has 3 rings (SSSR count). The summed E-state index contributed by atoms with van der Waals surface area (Å²) in [7, 11) is 0. The van der Waals surface area contributed by atoms with Crippen LogP contribution in [0.2, 0.25) is 5.02 Å².